The Kier molecular flexibility index (Phi) is 4.65. The minimum atomic E-state index is -4.16. The highest BCUT2D eigenvalue weighted by Gasteiger charge is 2.22. The van der Waals surface area contributed by atoms with Crippen molar-refractivity contribution in [2.24, 2.45) is 0 Å². The van der Waals surface area contributed by atoms with Gasteiger partial charge in [0.05, 0.1) is 4.90 Å². The highest BCUT2D eigenvalue weighted by atomic mass is 32.2. The van der Waals surface area contributed by atoms with Crippen molar-refractivity contribution in [3.05, 3.63) is 72.1 Å². The zero-order valence-electron chi connectivity index (χ0n) is 13.2. The Labute approximate surface area is 148 Å². The van der Waals surface area contributed by atoms with E-state index in [4.69, 9.17) is 5.21 Å². The van der Waals surface area contributed by atoms with Gasteiger partial charge in [0, 0.05) is 17.1 Å². The molecule has 2 amide bonds. The number of sulfonamides is 1. The van der Waals surface area contributed by atoms with Crippen molar-refractivity contribution in [2.45, 2.75) is 4.90 Å². The monoisotopic (exact) mass is 371 g/mol. The lowest BCUT2D eigenvalue weighted by atomic mass is 10.1. The summed E-state index contributed by atoms with van der Waals surface area (Å²) in [7, 11) is -4.16. The maximum Gasteiger partial charge on any atom is 0.283 e. The summed E-state index contributed by atoms with van der Waals surface area (Å²) in [6.45, 7) is 0. The van der Waals surface area contributed by atoms with E-state index in [1.807, 2.05) is 4.72 Å². The number of carbonyl (C=O) groups excluding carboxylic acids is 2. The number of amides is 2. The molecule has 0 radical (unpaired) electrons. The van der Waals surface area contributed by atoms with Crippen LogP contribution in [0.25, 0.3) is 10.8 Å². The van der Waals surface area contributed by atoms with Gasteiger partial charge in [-0.05, 0) is 23.6 Å². The number of hydrogen-bond acceptors (Lipinski definition) is 6. The fourth-order valence-corrected chi connectivity index (χ4v) is 3.61. The van der Waals surface area contributed by atoms with Crippen molar-refractivity contribution in [1.29, 1.82) is 0 Å². The molecule has 1 aromatic heterocycles. The fraction of sp³-hybridized carbons (Fsp3) is 0. The highest BCUT2D eigenvalue weighted by molar-refractivity contribution is 7.90. The van der Waals surface area contributed by atoms with Gasteiger partial charge in [0.1, 0.15) is 5.69 Å². The lowest BCUT2D eigenvalue weighted by molar-refractivity contribution is 0.0706. The van der Waals surface area contributed by atoms with Gasteiger partial charge in [0.15, 0.2) is 0 Å². The number of nitrogens with zero attached hydrogens (tertiary/aromatic N) is 1. The van der Waals surface area contributed by atoms with Crippen LogP contribution in [0.3, 0.4) is 0 Å². The van der Waals surface area contributed by atoms with E-state index in [1.54, 1.807) is 36.4 Å². The van der Waals surface area contributed by atoms with E-state index in [9.17, 15) is 18.0 Å². The van der Waals surface area contributed by atoms with E-state index in [0.717, 1.165) is 12.3 Å². The number of pyridine rings is 1. The summed E-state index contributed by atoms with van der Waals surface area (Å²) in [6, 6.07) is 13.9. The SMILES string of the molecule is O=C(NO)c1ccnc(C(=O)NS(=O)(=O)c2cccc3ccccc23)c1. The normalized spacial score (nSPS) is 11.1. The van der Waals surface area contributed by atoms with E-state index in [2.05, 4.69) is 4.98 Å². The molecule has 0 saturated carbocycles. The number of hydroxylamine groups is 1. The van der Waals surface area contributed by atoms with Crippen molar-refractivity contribution < 1.29 is 23.2 Å². The minimum absolute atomic E-state index is 0.0461. The molecule has 0 atom stereocenters. The van der Waals surface area contributed by atoms with Crippen molar-refractivity contribution in [3.8, 4) is 0 Å². The van der Waals surface area contributed by atoms with Crippen LogP contribution in [0.1, 0.15) is 20.8 Å². The molecule has 0 fully saturated rings. The summed E-state index contributed by atoms with van der Waals surface area (Å²) < 4.78 is 27.2. The molecule has 0 aliphatic rings. The number of benzene rings is 2. The molecule has 3 N–H and O–H groups in total. The van der Waals surface area contributed by atoms with Crippen molar-refractivity contribution >= 4 is 32.6 Å². The van der Waals surface area contributed by atoms with Gasteiger partial charge in [-0.2, -0.15) is 0 Å². The van der Waals surface area contributed by atoms with Crippen LogP contribution in [0, 0.1) is 0 Å². The highest BCUT2D eigenvalue weighted by Crippen LogP contribution is 2.22. The maximum atomic E-state index is 12.6. The molecule has 3 aromatic rings. The molecular formula is C17H13N3O5S. The van der Waals surface area contributed by atoms with Crippen LogP contribution in [-0.2, 0) is 10.0 Å². The van der Waals surface area contributed by atoms with Gasteiger partial charge in [-0.15, -0.1) is 0 Å². The lowest BCUT2D eigenvalue weighted by Crippen LogP contribution is -2.31. The third-order valence-electron chi connectivity index (χ3n) is 3.62. The molecule has 8 nitrogen and oxygen atoms in total. The number of carbonyl (C=O) groups is 2. The van der Waals surface area contributed by atoms with E-state index in [1.165, 1.54) is 17.6 Å². The van der Waals surface area contributed by atoms with Gasteiger partial charge < -0.3 is 0 Å². The Morgan fingerprint density at radius 2 is 1.69 bits per heavy atom. The summed E-state index contributed by atoms with van der Waals surface area (Å²) in [5.74, 6) is -1.84. The van der Waals surface area contributed by atoms with Crippen LogP contribution in [0.4, 0.5) is 0 Å². The Balaban J connectivity index is 1.95. The molecule has 26 heavy (non-hydrogen) atoms. The van der Waals surface area contributed by atoms with E-state index in [0.29, 0.717) is 10.8 Å². The standard InChI is InChI=1S/C17H13N3O5S/c21-16(19-23)12-8-9-18-14(10-12)17(22)20-26(24,25)15-7-3-5-11-4-1-2-6-13(11)15/h1-10,23H,(H,19,21)(H,20,22). The average Bonchev–Trinajstić information content (AvgIpc) is 2.66. The molecule has 0 saturated heterocycles. The smallest absolute Gasteiger partial charge is 0.283 e. The first-order chi connectivity index (χ1) is 12.4. The van der Waals surface area contributed by atoms with Gasteiger partial charge in [-0.1, -0.05) is 36.4 Å². The maximum absolute atomic E-state index is 12.6. The third kappa shape index (κ3) is 3.39. The van der Waals surface area contributed by atoms with Crippen LogP contribution in [0.2, 0.25) is 0 Å². The largest absolute Gasteiger partial charge is 0.288 e. The predicted octanol–water partition coefficient (Wildman–Crippen LogP) is 1.47. The Hall–Kier alpha value is -3.30. The molecule has 3 rings (SSSR count). The van der Waals surface area contributed by atoms with Crippen LogP contribution in [0.15, 0.2) is 65.7 Å². The molecule has 0 unspecified atom stereocenters. The van der Waals surface area contributed by atoms with Crippen LogP contribution in [0.5, 0.6) is 0 Å². The van der Waals surface area contributed by atoms with Gasteiger partial charge in [-0.3, -0.25) is 19.8 Å². The molecule has 0 aliphatic carbocycles. The fourth-order valence-electron chi connectivity index (χ4n) is 2.42. The number of nitrogens with one attached hydrogen (secondary N) is 2. The lowest BCUT2D eigenvalue weighted by Gasteiger charge is -2.09. The third-order valence-corrected chi connectivity index (χ3v) is 5.01. The zero-order valence-corrected chi connectivity index (χ0v) is 14.0. The van der Waals surface area contributed by atoms with Crippen LogP contribution >= 0.6 is 0 Å². The first-order valence-electron chi connectivity index (χ1n) is 7.38. The minimum Gasteiger partial charge on any atom is -0.288 e. The summed E-state index contributed by atoms with van der Waals surface area (Å²) in [4.78, 5) is 27.4. The zero-order chi connectivity index (χ0) is 18.7. The van der Waals surface area contributed by atoms with Gasteiger partial charge in [-0.25, -0.2) is 18.6 Å². The summed E-state index contributed by atoms with van der Waals surface area (Å²) in [5, 5.41) is 9.82. The summed E-state index contributed by atoms with van der Waals surface area (Å²) in [6.07, 6.45) is 1.16. The molecule has 0 bridgehead atoms. The molecule has 2 aromatic carbocycles. The van der Waals surface area contributed by atoms with E-state index < -0.39 is 21.8 Å². The average molecular weight is 371 g/mol. The van der Waals surface area contributed by atoms with Gasteiger partial charge >= 0.3 is 0 Å². The Morgan fingerprint density at radius 3 is 2.46 bits per heavy atom. The van der Waals surface area contributed by atoms with Crippen LogP contribution < -0.4 is 10.2 Å². The summed E-state index contributed by atoms with van der Waals surface area (Å²) in [5.41, 5.74) is 1.10. The molecule has 1 heterocycles. The molecular weight excluding hydrogens is 358 g/mol. The Bertz CT molecular complexity index is 1110. The molecule has 0 aliphatic heterocycles. The van der Waals surface area contributed by atoms with Crippen molar-refractivity contribution in [2.75, 3.05) is 0 Å². The number of hydrogen-bond donors (Lipinski definition) is 3. The first-order valence-corrected chi connectivity index (χ1v) is 8.86. The van der Waals surface area contributed by atoms with Gasteiger partial charge in [0.25, 0.3) is 21.8 Å². The van der Waals surface area contributed by atoms with E-state index in [-0.39, 0.29) is 16.2 Å². The Morgan fingerprint density at radius 1 is 0.962 bits per heavy atom. The van der Waals surface area contributed by atoms with Crippen molar-refractivity contribution in [1.82, 2.24) is 15.2 Å². The van der Waals surface area contributed by atoms with E-state index >= 15 is 0 Å². The first kappa shape index (κ1) is 17.5. The van der Waals surface area contributed by atoms with Gasteiger partial charge in [0.2, 0.25) is 0 Å². The molecule has 9 heteroatoms. The predicted molar refractivity (Wildman–Crippen MR) is 92.1 cm³/mol. The second kappa shape index (κ2) is 6.90. The summed E-state index contributed by atoms with van der Waals surface area (Å²) >= 11 is 0. The van der Waals surface area contributed by atoms with Crippen molar-refractivity contribution in [3.63, 3.8) is 0 Å². The van der Waals surface area contributed by atoms with Crippen LogP contribution in [-0.4, -0.2) is 30.4 Å². The number of aromatic nitrogens is 1. The molecule has 132 valence electrons. The second-order valence-electron chi connectivity index (χ2n) is 5.28. The second-order valence-corrected chi connectivity index (χ2v) is 6.93. The number of fused-ring (bicyclic) bond motifs is 1. The topological polar surface area (TPSA) is 125 Å². The molecule has 0 spiro atoms. The quantitative estimate of drug-likeness (QED) is 0.471. The number of rotatable bonds is 4.